The van der Waals surface area contributed by atoms with Crippen molar-refractivity contribution >= 4 is 5.91 Å². The molecule has 2 rings (SSSR count). The van der Waals surface area contributed by atoms with Crippen molar-refractivity contribution in [3.05, 3.63) is 35.9 Å². The number of carbonyl (C=O) groups excluding carboxylic acids is 1. The summed E-state index contributed by atoms with van der Waals surface area (Å²) in [5, 5.41) is 3.32. The SMILES string of the molecule is CC(C)NC1CCN(Cc2ccccc2)C1=O. The largest absolute Gasteiger partial charge is 0.337 e. The number of nitrogens with zero attached hydrogens (tertiary/aromatic N) is 1. The first-order valence-electron chi connectivity index (χ1n) is 6.25. The lowest BCUT2D eigenvalue weighted by molar-refractivity contribution is -0.130. The van der Waals surface area contributed by atoms with Gasteiger partial charge in [-0.05, 0) is 12.0 Å². The van der Waals surface area contributed by atoms with Gasteiger partial charge in [0.1, 0.15) is 0 Å². The average molecular weight is 232 g/mol. The Morgan fingerprint density at radius 1 is 1.35 bits per heavy atom. The van der Waals surface area contributed by atoms with Crippen LogP contribution in [0.25, 0.3) is 0 Å². The van der Waals surface area contributed by atoms with Crippen molar-refractivity contribution < 1.29 is 4.79 Å². The van der Waals surface area contributed by atoms with Gasteiger partial charge in [0.25, 0.3) is 0 Å². The fourth-order valence-corrected chi connectivity index (χ4v) is 2.26. The van der Waals surface area contributed by atoms with E-state index in [1.807, 2.05) is 23.1 Å². The summed E-state index contributed by atoms with van der Waals surface area (Å²) in [6, 6.07) is 10.5. The molecule has 0 aromatic heterocycles. The summed E-state index contributed by atoms with van der Waals surface area (Å²) in [5.41, 5.74) is 1.20. The molecule has 3 nitrogen and oxygen atoms in total. The Morgan fingerprint density at radius 2 is 2.06 bits per heavy atom. The van der Waals surface area contributed by atoms with Gasteiger partial charge in [0.05, 0.1) is 6.04 Å². The van der Waals surface area contributed by atoms with Crippen molar-refractivity contribution in [1.82, 2.24) is 10.2 Å². The van der Waals surface area contributed by atoms with Crippen molar-refractivity contribution in [1.29, 1.82) is 0 Å². The second kappa shape index (κ2) is 5.32. The van der Waals surface area contributed by atoms with E-state index in [4.69, 9.17) is 0 Å². The zero-order valence-electron chi connectivity index (χ0n) is 10.5. The van der Waals surface area contributed by atoms with E-state index in [9.17, 15) is 4.79 Å². The van der Waals surface area contributed by atoms with Crippen LogP contribution < -0.4 is 5.32 Å². The van der Waals surface area contributed by atoms with E-state index in [2.05, 4.69) is 31.3 Å². The highest BCUT2D eigenvalue weighted by Gasteiger charge is 2.31. The van der Waals surface area contributed by atoms with Gasteiger partial charge >= 0.3 is 0 Å². The fourth-order valence-electron chi connectivity index (χ4n) is 2.26. The molecule has 1 aromatic carbocycles. The number of hydrogen-bond acceptors (Lipinski definition) is 2. The molecule has 17 heavy (non-hydrogen) atoms. The molecule has 1 N–H and O–H groups in total. The molecule has 1 atom stereocenters. The van der Waals surface area contributed by atoms with Gasteiger partial charge in [-0.15, -0.1) is 0 Å². The zero-order chi connectivity index (χ0) is 12.3. The third kappa shape index (κ3) is 3.07. The van der Waals surface area contributed by atoms with Gasteiger partial charge in [-0.3, -0.25) is 4.79 Å². The molecule has 3 heteroatoms. The van der Waals surface area contributed by atoms with Crippen LogP contribution in [0.1, 0.15) is 25.8 Å². The molecule has 1 heterocycles. The summed E-state index contributed by atoms with van der Waals surface area (Å²) < 4.78 is 0. The first-order chi connectivity index (χ1) is 8.16. The second-order valence-electron chi connectivity index (χ2n) is 4.91. The van der Waals surface area contributed by atoms with Crippen molar-refractivity contribution in [2.24, 2.45) is 0 Å². The maximum absolute atomic E-state index is 12.1. The summed E-state index contributed by atoms with van der Waals surface area (Å²) >= 11 is 0. The summed E-state index contributed by atoms with van der Waals surface area (Å²) in [6.07, 6.45) is 0.920. The molecule has 1 aliphatic heterocycles. The molecule has 0 spiro atoms. The Balaban J connectivity index is 1.94. The number of nitrogens with one attached hydrogen (secondary N) is 1. The predicted molar refractivity (Wildman–Crippen MR) is 68.5 cm³/mol. The van der Waals surface area contributed by atoms with E-state index in [1.54, 1.807) is 0 Å². The van der Waals surface area contributed by atoms with Crippen LogP contribution in [0.15, 0.2) is 30.3 Å². The Kier molecular flexibility index (Phi) is 3.79. The first kappa shape index (κ1) is 12.1. The van der Waals surface area contributed by atoms with Gasteiger partial charge in [0.2, 0.25) is 5.91 Å². The van der Waals surface area contributed by atoms with Crippen LogP contribution in [0.3, 0.4) is 0 Å². The minimum Gasteiger partial charge on any atom is -0.337 e. The molecule has 1 aliphatic rings. The zero-order valence-corrected chi connectivity index (χ0v) is 10.5. The van der Waals surface area contributed by atoms with Gasteiger partial charge < -0.3 is 10.2 Å². The van der Waals surface area contributed by atoms with Gasteiger partial charge in [-0.25, -0.2) is 0 Å². The highest BCUT2D eigenvalue weighted by Crippen LogP contribution is 2.15. The molecule has 0 bridgehead atoms. The van der Waals surface area contributed by atoms with Crippen LogP contribution in [-0.2, 0) is 11.3 Å². The lowest BCUT2D eigenvalue weighted by Crippen LogP contribution is -2.41. The topological polar surface area (TPSA) is 32.3 Å². The van der Waals surface area contributed by atoms with Crippen LogP contribution in [0.2, 0.25) is 0 Å². The van der Waals surface area contributed by atoms with Gasteiger partial charge in [0, 0.05) is 19.1 Å². The standard InChI is InChI=1S/C14H20N2O/c1-11(2)15-13-8-9-16(14(13)17)10-12-6-4-3-5-7-12/h3-7,11,13,15H,8-10H2,1-2H3. The van der Waals surface area contributed by atoms with Crippen LogP contribution in [0.5, 0.6) is 0 Å². The fraction of sp³-hybridized carbons (Fsp3) is 0.500. The number of hydrogen-bond donors (Lipinski definition) is 1. The van der Waals surface area contributed by atoms with Gasteiger partial charge in [-0.2, -0.15) is 0 Å². The normalized spacial score (nSPS) is 20.3. The molecule has 0 aliphatic carbocycles. The summed E-state index contributed by atoms with van der Waals surface area (Å²) in [4.78, 5) is 14.0. The Bertz CT molecular complexity index is 375. The van der Waals surface area contributed by atoms with Gasteiger partial charge in [0.15, 0.2) is 0 Å². The monoisotopic (exact) mass is 232 g/mol. The van der Waals surface area contributed by atoms with E-state index in [-0.39, 0.29) is 11.9 Å². The Hall–Kier alpha value is -1.35. The third-order valence-corrected chi connectivity index (χ3v) is 3.05. The smallest absolute Gasteiger partial charge is 0.240 e. The van der Waals surface area contributed by atoms with Crippen molar-refractivity contribution in [3.8, 4) is 0 Å². The molecule has 1 amide bonds. The highest BCUT2D eigenvalue weighted by molar-refractivity contribution is 5.84. The molecule has 1 aromatic rings. The van der Waals surface area contributed by atoms with Crippen LogP contribution in [0.4, 0.5) is 0 Å². The Labute approximate surface area is 103 Å². The summed E-state index contributed by atoms with van der Waals surface area (Å²) in [7, 11) is 0. The van der Waals surface area contributed by atoms with Crippen molar-refractivity contribution in [2.75, 3.05) is 6.54 Å². The summed E-state index contributed by atoms with van der Waals surface area (Å²) in [5.74, 6) is 0.238. The van der Waals surface area contributed by atoms with Crippen LogP contribution in [-0.4, -0.2) is 29.4 Å². The third-order valence-electron chi connectivity index (χ3n) is 3.05. The van der Waals surface area contributed by atoms with Crippen LogP contribution in [0, 0.1) is 0 Å². The Morgan fingerprint density at radius 3 is 2.71 bits per heavy atom. The number of benzene rings is 1. The number of carbonyl (C=O) groups is 1. The molecule has 92 valence electrons. The molecule has 1 unspecified atom stereocenters. The molecular weight excluding hydrogens is 212 g/mol. The van der Waals surface area contributed by atoms with Crippen LogP contribution >= 0.6 is 0 Å². The number of rotatable bonds is 4. The lowest BCUT2D eigenvalue weighted by Gasteiger charge is -2.18. The first-order valence-corrected chi connectivity index (χ1v) is 6.25. The lowest BCUT2D eigenvalue weighted by atomic mass is 10.2. The number of amides is 1. The minimum absolute atomic E-state index is 0.0127. The van der Waals surface area contributed by atoms with Crippen molar-refractivity contribution in [2.45, 2.75) is 38.9 Å². The maximum atomic E-state index is 12.1. The maximum Gasteiger partial charge on any atom is 0.240 e. The minimum atomic E-state index is 0.0127. The molecule has 1 fully saturated rings. The number of likely N-dealkylation sites (tertiary alicyclic amines) is 1. The quantitative estimate of drug-likeness (QED) is 0.858. The second-order valence-corrected chi connectivity index (χ2v) is 4.91. The van der Waals surface area contributed by atoms with E-state index in [1.165, 1.54) is 5.56 Å². The average Bonchev–Trinajstić information content (AvgIpc) is 2.62. The molecular formula is C14H20N2O. The van der Waals surface area contributed by atoms with E-state index < -0.39 is 0 Å². The van der Waals surface area contributed by atoms with E-state index in [0.29, 0.717) is 6.04 Å². The molecule has 0 saturated carbocycles. The van der Waals surface area contributed by atoms with Crippen molar-refractivity contribution in [3.63, 3.8) is 0 Å². The highest BCUT2D eigenvalue weighted by atomic mass is 16.2. The summed E-state index contributed by atoms with van der Waals surface area (Å²) in [6.45, 7) is 5.74. The molecule has 1 saturated heterocycles. The van der Waals surface area contributed by atoms with Gasteiger partial charge in [-0.1, -0.05) is 44.2 Å². The predicted octanol–water partition coefficient (Wildman–Crippen LogP) is 1.79. The van der Waals surface area contributed by atoms with E-state index in [0.717, 1.165) is 19.5 Å². The van der Waals surface area contributed by atoms with E-state index >= 15 is 0 Å². The molecule has 0 radical (unpaired) electrons.